The minimum absolute atomic E-state index is 0.0363. The van der Waals surface area contributed by atoms with Crippen molar-refractivity contribution in [3.8, 4) is 40.6 Å². The van der Waals surface area contributed by atoms with Gasteiger partial charge in [-0.2, -0.15) is 5.26 Å². The summed E-state index contributed by atoms with van der Waals surface area (Å²) in [7, 11) is 3.08. The first kappa shape index (κ1) is 30.4. The fraction of sp³-hybridized carbons (Fsp3) is 0.343. The fourth-order valence-corrected chi connectivity index (χ4v) is 7.51. The number of rotatable bonds is 6. The normalized spacial score (nSPS) is 22.1. The van der Waals surface area contributed by atoms with E-state index in [-0.39, 0.29) is 59.7 Å². The van der Waals surface area contributed by atoms with Crippen LogP contribution in [-0.4, -0.2) is 71.4 Å². The van der Waals surface area contributed by atoms with Crippen molar-refractivity contribution in [1.29, 1.82) is 5.26 Å². The first-order chi connectivity index (χ1) is 22.6. The highest BCUT2D eigenvalue weighted by Crippen LogP contribution is 2.60. The third kappa shape index (κ3) is 4.34. The summed E-state index contributed by atoms with van der Waals surface area (Å²) in [6.07, 6.45) is 1.79. The minimum Gasteiger partial charge on any atom is -0.507 e. The van der Waals surface area contributed by atoms with E-state index < -0.39 is 35.9 Å². The van der Waals surface area contributed by atoms with E-state index in [1.54, 1.807) is 31.9 Å². The van der Waals surface area contributed by atoms with Gasteiger partial charge in [-0.15, -0.1) is 0 Å². The number of carbonyl (C=O) groups is 2. The van der Waals surface area contributed by atoms with Gasteiger partial charge in [0, 0.05) is 40.4 Å². The minimum atomic E-state index is -1.05. The lowest BCUT2D eigenvalue weighted by molar-refractivity contribution is -0.131. The number of phenols is 2. The number of nitriles is 1. The van der Waals surface area contributed by atoms with Crippen LogP contribution >= 0.6 is 0 Å². The van der Waals surface area contributed by atoms with Gasteiger partial charge in [-0.1, -0.05) is 30.3 Å². The third-order valence-electron chi connectivity index (χ3n) is 9.49. The van der Waals surface area contributed by atoms with Crippen LogP contribution < -0.4 is 18.9 Å². The predicted molar refractivity (Wildman–Crippen MR) is 166 cm³/mol. The van der Waals surface area contributed by atoms with E-state index in [9.17, 15) is 25.1 Å². The number of ether oxygens (including phenoxy) is 5. The molecule has 3 aromatic rings. The van der Waals surface area contributed by atoms with E-state index in [4.69, 9.17) is 23.7 Å². The Labute approximate surface area is 270 Å². The average Bonchev–Trinajstić information content (AvgIpc) is 3.54. The Hall–Kier alpha value is -5.25. The molecular weight excluding hydrogens is 606 g/mol. The van der Waals surface area contributed by atoms with E-state index in [0.717, 1.165) is 5.56 Å². The summed E-state index contributed by atoms with van der Waals surface area (Å²) >= 11 is 0. The zero-order valence-electron chi connectivity index (χ0n) is 26.5. The second kappa shape index (κ2) is 11.2. The summed E-state index contributed by atoms with van der Waals surface area (Å²) in [5.41, 5.74) is 3.42. The zero-order valence-corrected chi connectivity index (χ0v) is 26.5. The lowest BCUT2D eigenvalue weighted by Gasteiger charge is -2.56. The molecule has 7 rings (SSSR count). The lowest BCUT2D eigenvalue weighted by Crippen LogP contribution is -2.64. The van der Waals surface area contributed by atoms with Gasteiger partial charge in [-0.3, -0.25) is 14.5 Å². The van der Waals surface area contributed by atoms with E-state index in [1.807, 2.05) is 35.2 Å². The van der Waals surface area contributed by atoms with Gasteiger partial charge in [0.15, 0.2) is 28.8 Å². The second-order valence-corrected chi connectivity index (χ2v) is 12.0. The van der Waals surface area contributed by atoms with Gasteiger partial charge in [0.1, 0.15) is 23.6 Å². The van der Waals surface area contributed by atoms with Gasteiger partial charge < -0.3 is 38.8 Å². The van der Waals surface area contributed by atoms with E-state index >= 15 is 0 Å². The van der Waals surface area contributed by atoms with Crippen LogP contribution in [0, 0.1) is 25.2 Å². The highest BCUT2D eigenvalue weighted by atomic mass is 16.7. The highest BCUT2D eigenvalue weighted by molar-refractivity contribution is 6.07. The van der Waals surface area contributed by atoms with E-state index in [1.165, 1.54) is 14.0 Å². The molecule has 0 aromatic heterocycles. The molecule has 4 atom stereocenters. The molecule has 0 radical (unpaired) electrons. The molecule has 4 heterocycles. The van der Waals surface area contributed by atoms with Crippen LogP contribution in [-0.2, 0) is 16.1 Å². The maximum Gasteiger partial charge on any atom is 0.308 e. The van der Waals surface area contributed by atoms with Crippen molar-refractivity contribution in [2.75, 3.05) is 27.6 Å². The Morgan fingerprint density at radius 3 is 2.47 bits per heavy atom. The first-order valence-electron chi connectivity index (χ1n) is 15.1. The zero-order chi connectivity index (χ0) is 33.3. The van der Waals surface area contributed by atoms with E-state index in [2.05, 4.69) is 6.07 Å². The van der Waals surface area contributed by atoms with E-state index in [0.29, 0.717) is 33.9 Å². The maximum absolute atomic E-state index is 14.3. The molecule has 1 saturated heterocycles. The number of Topliss-reactive ketones (excluding diaryl/α,β-unsaturated/α-hetero) is 1. The largest absolute Gasteiger partial charge is 0.507 e. The topological polar surface area (TPSA) is 151 Å². The number of hydrogen-bond acceptors (Lipinski definition) is 12. The molecule has 0 spiro atoms. The molecule has 2 N–H and O–H groups in total. The van der Waals surface area contributed by atoms with Crippen molar-refractivity contribution < 1.29 is 43.5 Å². The molecule has 0 unspecified atom stereocenters. The number of fused-ring (bicyclic) bond motifs is 9. The summed E-state index contributed by atoms with van der Waals surface area (Å²) in [5.74, 6) is -0.509. The monoisotopic (exact) mass is 639 g/mol. The number of phenolic OH excluding ortho intramolecular Hbond substituents is 2. The molecular formula is C35H33N3O9. The van der Waals surface area contributed by atoms with Crippen molar-refractivity contribution >= 4 is 17.8 Å². The molecule has 0 saturated carbocycles. The smallest absolute Gasteiger partial charge is 0.308 e. The Balaban J connectivity index is 1.51. The van der Waals surface area contributed by atoms with Gasteiger partial charge in [0.25, 0.3) is 0 Å². The van der Waals surface area contributed by atoms with Crippen LogP contribution in [0.2, 0.25) is 0 Å². The third-order valence-corrected chi connectivity index (χ3v) is 9.49. The summed E-state index contributed by atoms with van der Waals surface area (Å²) in [5, 5.41) is 33.7. The number of nitrogens with zero attached hydrogens (tertiary/aromatic N) is 3. The van der Waals surface area contributed by atoms with Crippen molar-refractivity contribution in [2.24, 2.45) is 0 Å². The van der Waals surface area contributed by atoms with Gasteiger partial charge in [-0.25, -0.2) is 0 Å². The fourth-order valence-electron chi connectivity index (χ4n) is 7.51. The Morgan fingerprint density at radius 1 is 1.06 bits per heavy atom. The van der Waals surface area contributed by atoms with Crippen molar-refractivity contribution in [3.05, 3.63) is 75.0 Å². The van der Waals surface area contributed by atoms with Gasteiger partial charge in [0.05, 0.1) is 44.0 Å². The number of methoxy groups -OCH3 is 1. The van der Waals surface area contributed by atoms with Crippen molar-refractivity contribution in [1.82, 2.24) is 9.80 Å². The number of piperazine rings is 1. The summed E-state index contributed by atoms with van der Waals surface area (Å²) in [4.78, 5) is 30.3. The molecule has 4 aliphatic rings. The molecule has 47 heavy (non-hydrogen) atoms. The summed E-state index contributed by atoms with van der Waals surface area (Å²) in [6.45, 7) is 4.88. The Bertz CT molecular complexity index is 1920. The first-order valence-corrected chi connectivity index (χ1v) is 15.1. The molecule has 0 aliphatic carbocycles. The van der Waals surface area contributed by atoms with Crippen LogP contribution in [0.25, 0.3) is 6.08 Å². The van der Waals surface area contributed by atoms with Crippen LogP contribution in [0.1, 0.15) is 62.7 Å². The number of aromatic hydroxyl groups is 2. The summed E-state index contributed by atoms with van der Waals surface area (Å²) in [6, 6.07) is 8.36. The molecule has 3 aromatic carbocycles. The average molecular weight is 640 g/mol. The Kier molecular flexibility index (Phi) is 7.26. The number of ketones is 1. The molecule has 0 amide bonds. The molecule has 242 valence electrons. The standard InChI is InChI=1S/C35H33N3O9/c1-16-29(40)26-25(31(42)33(16)43-5)27-21-11-20-24(35-34(45-15-46-35)17(2)32(20)47-18(3)39)23(14-44-13-19-9-7-6-8-10-19)38(21)22(12-36)28(30(26)41)37(27)4/h6-11,22-23,27-28,40,42H,13-15H2,1-5H3/t22-,23-,27-,28-/m0/s1. The molecule has 1 fully saturated rings. The highest BCUT2D eigenvalue weighted by Gasteiger charge is 2.57. The SMILES string of the molecule is COc1c(C)c(O)c2c(c1O)[C@@H]1C3=Cc4c(OC(C)=O)c(C)c5c(c4[C@H](COCc4ccccc4)N3[C@@H](C#N)[C@@H](C2=O)N1C)OCO5. The van der Waals surface area contributed by atoms with Crippen LogP contribution in [0.5, 0.6) is 34.5 Å². The van der Waals surface area contributed by atoms with Gasteiger partial charge in [-0.05, 0) is 32.5 Å². The lowest BCUT2D eigenvalue weighted by atomic mass is 9.74. The number of esters is 1. The van der Waals surface area contributed by atoms with Gasteiger partial charge in [0.2, 0.25) is 6.79 Å². The number of likely N-dealkylation sites (N-methyl/N-ethyl adjacent to an activating group) is 1. The number of benzene rings is 3. The van der Waals surface area contributed by atoms with Crippen LogP contribution in [0.3, 0.4) is 0 Å². The second-order valence-electron chi connectivity index (χ2n) is 12.0. The number of carbonyl (C=O) groups excluding carboxylic acids is 2. The number of hydrogen-bond donors (Lipinski definition) is 2. The van der Waals surface area contributed by atoms with Gasteiger partial charge >= 0.3 is 5.97 Å². The maximum atomic E-state index is 14.3. The van der Waals surface area contributed by atoms with Crippen LogP contribution in [0.15, 0.2) is 36.0 Å². The summed E-state index contributed by atoms with van der Waals surface area (Å²) < 4.78 is 29.5. The quantitative estimate of drug-likeness (QED) is 0.223. The van der Waals surface area contributed by atoms with Crippen LogP contribution in [0.4, 0.5) is 0 Å². The molecule has 2 bridgehead atoms. The molecule has 12 heteroatoms. The molecule has 12 nitrogen and oxygen atoms in total. The molecule has 4 aliphatic heterocycles. The van der Waals surface area contributed by atoms with Crippen molar-refractivity contribution in [3.63, 3.8) is 0 Å². The Morgan fingerprint density at radius 2 is 1.79 bits per heavy atom. The van der Waals surface area contributed by atoms with Crippen molar-refractivity contribution in [2.45, 2.75) is 51.5 Å². The predicted octanol–water partition coefficient (Wildman–Crippen LogP) is 4.44.